The van der Waals surface area contributed by atoms with Gasteiger partial charge in [-0.3, -0.25) is 19.2 Å². The van der Waals surface area contributed by atoms with Gasteiger partial charge in [0.1, 0.15) is 24.1 Å². The number of ether oxygens (including phenoxy) is 2. The van der Waals surface area contributed by atoms with Crippen molar-refractivity contribution in [3.8, 4) is 11.5 Å². The van der Waals surface area contributed by atoms with Crippen LogP contribution in [0.1, 0.15) is 41.4 Å². The summed E-state index contributed by atoms with van der Waals surface area (Å²) in [5.41, 5.74) is 1.09. The molecule has 0 amide bonds. The summed E-state index contributed by atoms with van der Waals surface area (Å²) in [6.45, 7) is 0. The van der Waals surface area contributed by atoms with E-state index in [1.807, 2.05) is 0 Å². The van der Waals surface area contributed by atoms with E-state index >= 15 is 0 Å². The second-order valence-corrected chi connectivity index (χ2v) is 6.45. The Hall–Kier alpha value is -4.32. The quantitative estimate of drug-likeness (QED) is 0.582. The van der Waals surface area contributed by atoms with Crippen LogP contribution < -0.4 is 9.47 Å². The number of carbonyl (C=O) groups is 4. The number of Topliss-reactive ketones (excluding diaryl/α,β-unsaturated/α-hetero) is 2. The third-order valence-corrected chi connectivity index (χ3v) is 4.46. The predicted octanol–water partition coefficient (Wildman–Crippen LogP) is 4.06. The molecule has 0 fully saturated rings. The zero-order chi connectivity index (χ0) is 21.1. The Morgan fingerprint density at radius 3 is 1.40 bits per heavy atom. The van der Waals surface area contributed by atoms with Crippen molar-refractivity contribution in [2.24, 2.45) is 0 Å². The summed E-state index contributed by atoms with van der Waals surface area (Å²) < 4.78 is 11.5. The minimum absolute atomic E-state index is 0.193. The topological polar surface area (TPSA) is 86.7 Å². The Morgan fingerprint density at radius 2 is 1.00 bits per heavy atom. The molecule has 3 aromatic carbocycles. The highest BCUT2D eigenvalue weighted by atomic mass is 16.5. The molecule has 6 heteroatoms. The summed E-state index contributed by atoms with van der Waals surface area (Å²) in [5, 5.41) is 0. The van der Waals surface area contributed by atoms with Crippen LogP contribution in [0.3, 0.4) is 0 Å². The summed E-state index contributed by atoms with van der Waals surface area (Å²) in [6.07, 6.45) is 1.29. The fourth-order valence-electron chi connectivity index (χ4n) is 3.05. The average Bonchev–Trinajstić information content (AvgIpc) is 2.80. The van der Waals surface area contributed by atoms with Gasteiger partial charge in [0, 0.05) is 22.3 Å². The number of hydrogen-bond acceptors (Lipinski definition) is 6. The summed E-state index contributed by atoms with van der Waals surface area (Å²) in [5.74, 6) is -1.22. The highest BCUT2D eigenvalue weighted by Gasteiger charge is 2.36. The molecule has 0 spiro atoms. The maximum Gasteiger partial charge on any atom is 0.233 e. The molecule has 0 atom stereocenters. The van der Waals surface area contributed by atoms with E-state index in [0.717, 1.165) is 0 Å². The molecule has 4 rings (SSSR count). The smallest absolute Gasteiger partial charge is 0.233 e. The molecule has 1 aliphatic carbocycles. The molecule has 0 heterocycles. The fourth-order valence-corrected chi connectivity index (χ4v) is 3.05. The highest BCUT2D eigenvalue weighted by Crippen LogP contribution is 2.30. The SMILES string of the molecule is O=Cc1cccc(OC2=C(Oc3cccc(C=O)c3)C(=O)c3ccccc3C2=O)c1. The van der Waals surface area contributed by atoms with Gasteiger partial charge in [0.25, 0.3) is 0 Å². The number of aldehydes is 2. The van der Waals surface area contributed by atoms with E-state index in [4.69, 9.17) is 9.47 Å². The second kappa shape index (κ2) is 7.97. The van der Waals surface area contributed by atoms with Crippen molar-refractivity contribution in [3.05, 3.63) is 107 Å². The van der Waals surface area contributed by atoms with Gasteiger partial charge < -0.3 is 9.47 Å². The van der Waals surface area contributed by atoms with E-state index in [-0.39, 0.29) is 34.1 Å². The van der Waals surface area contributed by atoms with Crippen molar-refractivity contribution in [2.75, 3.05) is 0 Å². The Bertz CT molecular complexity index is 1130. The predicted molar refractivity (Wildman–Crippen MR) is 107 cm³/mol. The standard InChI is InChI=1S/C24H14O6/c25-13-15-5-3-7-17(11-15)29-23-21(27)19-9-1-2-10-20(19)22(28)24(23)30-18-8-4-6-16(12-18)14-26/h1-14H. The van der Waals surface area contributed by atoms with Crippen LogP contribution in [0, 0.1) is 0 Å². The van der Waals surface area contributed by atoms with Gasteiger partial charge in [-0.05, 0) is 24.3 Å². The van der Waals surface area contributed by atoms with Crippen molar-refractivity contribution in [1.29, 1.82) is 0 Å². The average molecular weight is 398 g/mol. The number of allylic oxidation sites excluding steroid dienone is 2. The maximum atomic E-state index is 13.1. The van der Waals surface area contributed by atoms with Crippen LogP contribution in [0.2, 0.25) is 0 Å². The molecule has 1 aliphatic rings. The molecule has 0 saturated carbocycles. The lowest BCUT2D eigenvalue weighted by Crippen LogP contribution is -2.27. The van der Waals surface area contributed by atoms with E-state index in [1.54, 1.807) is 48.5 Å². The number of rotatable bonds is 6. The third-order valence-electron chi connectivity index (χ3n) is 4.46. The number of benzene rings is 3. The Morgan fingerprint density at radius 1 is 0.567 bits per heavy atom. The van der Waals surface area contributed by atoms with Gasteiger partial charge in [-0.2, -0.15) is 0 Å². The van der Waals surface area contributed by atoms with Crippen LogP contribution in [0.15, 0.2) is 84.3 Å². The lowest BCUT2D eigenvalue weighted by molar-refractivity contribution is 0.0897. The van der Waals surface area contributed by atoms with Crippen molar-refractivity contribution in [2.45, 2.75) is 0 Å². The molecule has 30 heavy (non-hydrogen) atoms. The summed E-state index contributed by atoms with van der Waals surface area (Å²) >= 11 is 0. The molecular weight excluding hydrogens is 384 g/mol. The summed E-state index contributed by atoms with van der Waals surface area (Å²) in [4.78, 5) is 48.3. The number of carbonyl (C=O) groups excluding carboxylic acids is 4. The summed E-state index contributed by atoms with van der Waals surface area (Å²) in [6, 6.07) is 18.7. The third kappa shape index (κ3) is 3.54. The van der Waals surface area contributed by atoms with E-state index in [0.29, 0.717) is 23.7 Å². The van der Waals surface area contributed by atoms with E-state index < -0.39 is 11.6 Å². The van der Waals surface area contributed by atoms with Gasteiger partial charge in [-0.15, -0.1) is 0 Å². The normalized spacial score (nSPS) is 12.9. The van der Waals surface area contributed by atoms with E-state index in [9.17, 15) is 19.2 Å². The van der Waals surface area contributed by atoms with Gasteiger partial charge >= 0.3 is 0 Å². The molecule has 146 valence electrons. The van der Waals surface area contributed by atoms with Gasteiger partial charge in [0.15, 0.2) is 0 Å². The van der Waals surface area contributed by atoms with Gasteiger partial charge in [-0.25, -0.2) is 0 Å². The van der Waals surface area contributed by atoms with Crippen molar-refractivity contribution >= 4 is 24.1 Å². The van der Waals surface area contributed by atoms with Crippen molar-refractivity contribution in [1.82, 2.24) is 0 Å². The molecular formula is C24H14O6. The van der Waals surface area contributed by atoms with Crippen LogP contribution >= 0.6 is 0 Å². The zero-order valence-corrected chi connectivity index (χ0v) is 15.5. The lowest BCUT2D eigenvalue weighted by atomic mass is 9.92. The number of ketones is 2. The molecule has 0 aromatic heterocycles. The number of hydrogen-bond donors (Lipinski definition) is 0. The molecule has 0 bridgehead atoms. The van der Waals surface area contributed by atoms with Crippen LogP contribution in [-0.4, -0.2) is 24.1 Å². The van der Waals surface area contributed by atoms with Gasteiger partial charge in [-0.1, -0.05) is 48.5 Å². The molecule has 0 N–H and O–H groups in total. The van der Waals surface area contributed by atoms with Crippen LogP contribution in [0.25, 0.3) is 0 Å². The van der Waals surface area contributed by atoms with Crippen LogP contribution in [-0.2, 0) is 0 Å². The minimum Gasteiger partial charge on any atom is -0.449 e. The molecule has 0 radical (unpaired) electrons. The molecule has 3 aromatic rings. The summed E-state index contributed by atoms with van der Waals surface area (Å²) in [7, 11) is 0. The molecule has 6 nitrogen and oxygen atoms in total. The van der Waals surface area contributed by atoms with Crippen LogP contribution in [0.5, 0.6) is 11.5 Å². The largest absolute Gasteiger partial charge is 0.449 e. The van der Waals surface area contributed by atoms with Gasteiger partial charge in [0.2, 0.25) is 23.1 Å². The first-order valence-corrected chi connectivity index (χ1v) is 8.99. The Balaban J connectivity index is 1.82. The van der Waals surface area contributed by atoms with Gasteiger partial charge in [0.05, 0.1) is 0 Å². The maximum absolute atomic E-state index is 13.1. The van der Waals surface area contributed by atoms with Crippen molar-refractivity contribution < 1.29 is 28.7 Å². The first-order valence-electron chi connectivity index (χ1n) is 8.99. The fraction of sp³-hybridized carbons (Fsp3) is 0. The van der Waals surface area contributed by atoms with E-state index in [1.165, 1.54) is 24.3 Å². The Kier molecular flexibility index (Phi) is 5.05. The van der Waals surface area contributed by atoms with Crippen LogP contribution in [0.4, 0.5) is 0 Å². The monoisotopic (exact) mass is 398 g/mol. The first-order chi connectivity index (χ1) is 14.6. The molecule has 0 saturated heterocycles. The molecule has 0 aliphatic heterocycles. The molecule has 0 unspecified atom stereocenters. The number of fused-ring (bicyclic) bond motifs is 1. The van der Waals surface area contributed by atoms with Crippen molar-refractivity contribution in [3.63, 3.8) is 0 Å². The minimum atomic E-state index is -0.525. The first kappa shape index (κ1) is 19.0. The Labute approximate surface area is 171 Å². The lowest BCUT2D eigenvalue weighted by Gasteiger charge is -2.21. The van der Waals surface area contributed by atoms with E-state index in [2.05, 4.69) is 0 Å². The second-order valence-electron chi connectivity index (χ2n) is 6.45. The zero-order valence-electron chi connectivity index (χ0n) is 15.5. The highest BCUT2D eigenvalue weighted by molar-refractivity contribution is 6.25.